The number of benzene rings is 1. The Bertz CT molecular complexity index is 708. The number of amides is 1. The van der Waals surface area contributed by atoms with Crippen LogP contribution < -0.4 is 4.74 Å². The minimum atomic E-state index is 0.00288. The molecule has 1 fully saturated rings. The second-order valence-corrected chi connectivity index (χ2v) is 6.58. The number of rotatable bonds is 5. The third-order valence-corrected chi connectivity index (χ3v) is 4.53. The smallest absolute Gasteiger partial charge is 0.227 e. The van der Waals surface area contributed by atoms with Crippen molar-refractivity contribution < 1.29 is 14.1 Å². The highest BCUT2D eigenvalue weighted by Gasteiger charge is 2.32. The van der Waals surface area contributed by atoms with Crippen LogP contribution in [0.4, 0.5) is 0 Å². The molecular weight excluding hydrogens is 304 g/mol. The van der Waals surface area contributed by atoms with Crippen molar-refractivity contribution in [1.29, 1.82) is 0 Å². The average Bonchev–Trinajstić information content (AvgIpc) is 3.23. The fourth-order valence-corrected chi connectivity index (χ4v) is 3.15. The van der Waals surface area contributed by atoms with E-state index < -0.39 is 0 Å². The standard InChI is InChI=1S/C19H24N2O3/c1-13(2)16-12-18(24-20-16)17-8-5-9-21(17)19(22)11-14-6-4-7-15(10-14)23-3/h4,6-7,10,12-13,17H,5,8-9,11H2,1-3H3/t17-/m1/s1. The van der Waals surface area contributed by atoms with Gasteiger partial charge in [0.05, 0.1) is 25.3 Å². The lowest BCUT2D eigenvalue weighted by molar-refractivity contribution is -0.131. The van der Waals surface area contributed by atoms with Crippen LogP contribution in [0.1, 0.15) is 55.7 Å². The monoisotopic (exact) mass is 328 g/mol. The van der Waals surface area contributed by atoms with Gasteiger partial charge in [0.15, 0.2) is 5.76 Å². The predicted octanol–water partition coefficient (Wildman–Crippen LogP) is 3.71. The van der Waals surface area contributed by atoms with E-state index >= 15 is 0 Å². The zero-order valence-corrected chi connectivity index (χ0v) is 14.5. The van der Waals surface area contributed by atoms with Gasteiger partial charge < -0.3 is 14.2 Å². The highest BCUT2D eigenvalue weighted by atomic mass is 16.5. The SMILES string of the molecule is COc1cccc(CC(=O)N2CCC[C@@H]2c2cc(C(C)C)no2)c1. The van der Waals surface area contributed by atoms with E-state index in [1.807, 2.05) is 35.2 Å². The molecule has 5 nitrogen and oxygen atoms in total. The Balaban J connectivity index is 1.73. The summed E-state index contributed by atoms with van der Waals surface area (Å²) in [6, 6.07) is 9.66. The van der Waals surface area contributed by atoms with Crippen molar-refractivity contribution in [3.05, 3.63) is 47.3 Å². The van der Waals surface area contributed by atoms with E-state index in [-0.39, 0.29) is 11.9 Å². The maximum absolute atomic E-state index is 12.8. The van der Waals surface area contributed by atoms with E-state index in [1.54, 1.807) is 7.11 Å². The number of nitrogens with zero attached hydrogens (tertiary/aromatic N) is 2. The van der Waals surface area contributed by atoms with Gasteiger partial charge in [-0.15, -0.1) is 0 Å². The molecule has 1 amide bonds. The van der Waals surface area contributed by atoms with Gasteiger partial charge in [-0.25, -0.2) is 0 Å². The molecule has 0 N–H and O–H groups in total. The van der Waals surface area contributed by atoms with Crippen LogP contribution in [0.25, 0.3) is 0 Å². The van der Waals surface area contributed by atoms with E-state index in [9.17, 15) is 4.79 Å². The molecule has 5 heteroatoms. The van der Waals surface area contributed by atoms with Gasteiger partial charge in [-0.2, -0.15) is 0 Å². The fraction of sp³-hybridized carbons (Fsp3) is 0.474. The topological polar surface area (TPSA) is 55.6 Å². The van der Waals surface area contributed by atoms with Gasteiger partial charge in [-0.05, 0) is 36.5 Å². The first-order valence-electron chi connectivity index (χ1n) is 8.47. The van der Waals surface area contributed by atoms with Gasteiger partial charge in [0.25, 0.3) is 0 Å². The Morgan fingerprint density at radius 1 is 1.42 bits per heavy atom. The van der Waals surface area contributed by atoms with Gasteiger partial charge in [0.2, 0.25) is 5.91 Å². The number of carbonyl (C=O) groups is 1. The molecule has 1 aliphatic rings. The second kappa shape index (κ2) is 7.07. The molecular formula is C19H24N2O3. The molecule has 1 aromatic heterocycles. The van der Waals surface area contributed by atoms with E-state index in [0.29, 0.717) is 12.3 Å². The number of hydrogen-bond donors (Lipinski definition) is 0. The van der Waals surface area contributed by atoms with E-state index in [4.69, 9.17) is 9.26 Å². The molecule has 0 aliphatic carbocycles. The fourth-order valence-electron chi connectivity index (χ4n) is 3.15. The normalized spacial score (nSPS) is 17.5. The van der Waals surface area contributed by atoms with E-state index in [2.05, 4.69) is 19.0 Å². The molecule has 1 aliphatic heterocycles. The molecule has 0 radical (unpaired) electrons. The van der Waals surface area contributed by atoms with Crippen molar-refractivity contribution in [3.63, 3.8) is 0 Å². The summed E-state index contributed by atoms with van der Waals surface area (Å²) in [5.74, 6) is 2.02. The van der Waals surface area contributed by atoms with Gasteiger partial charge in [-0.3, -0.25) is 4.79 Å². The van der Waals surface area contributed by atoms with Gasteiger partial charge >= 0.3 is 0 Å². The second-order valence-electron chi connectivity index (χ2n) is 6.58. The first-order valence-corrected chi connectivity index (χ1v) is 8.47. The summed E-state index contributed by atoms with van der Waals surface area (Å²) in [6.45, 7) is 4.94. The summed E-state index contributed by atoms with van der Waals surface area (Å²) < 4.78 is 10.7. The highest BCUT2D eigenvalue weighted by molar-refractivity contribution is 5.79. The third-order valence-electron chi connectivity index (χ3n) is 4.53. The lowest BCUT2D eigenvalue weighted by Gasteiger charge is -2.22. The summed E-state index contributed by atoms with van der Waals surface area (Å²) in [7, 11) is 1.63. The molecule has 1 saturated heterocycles. The van der Waals surface area contributed by atoms with Crippen LogP contribution in [0.2, 0.25) is 0 Å². The van der Waals surface area contributed by atoms with Crippen molar-refractivity contribution >= 4 is 5.91 Å². The molecule has 0 spiro atoms. The van der Waals surface area contributed by atoms with E-state index in [1.165, 1.54) is 0 Å². The number of ether oxygens (including phenoxy) is 1. The maximum atomic E-state index is 12.8. The highest BCUT2D eigenvalue weighted by Crippen LogP contribution is 2.33. The number of methoxy groups -OCH3 is 1. The Labute approximate surface area is 142 Å². The minimum absolute atomic E-state index is 0.00288. The molecule has 2 heterocycles. The third kappa shape index (κ3) is 3.45. The zero-order valence-electron chi connectivity index (χ0n) is 14.5. The van der Waals surface area contributed by atoms with Crippen LogP contribution in [0.5, 0.6) is 5.75 Å². The molecule has 0 saturated carbocycles. The van der Waals surface area contributed by atoms with E-state index in [0.717, 1.165) is 42.2 Å². The number of hydrogen-bond acceptors (Lipinski definition) is 4. The Kier molecular flexibility index (Phi) is 4.88. The van der Waals surface area contributed by atoms with Gasteiger partial charge in [0, 0.05) is 12.6 Å². The average molecular weight is 328 g/mol. The largest absolute Gasteiger partial charge is 0.497 e. The van der Waals surface area contributed by atoms with Gasteiger partial charge in [0.1, 0.15) is 5.75 Å². The Morgan fingerprint density at radius 2 is 2.25 bits per heavy atom. The molecule has 0 bridgehead atoms. The Hall–Kier alpha value is -2.30. The molecule has 24 heavy (non-hydrogen) atoms. The number of aromatic nitrogens is 1. The summed E-state index contributed by atoms with van der Waals surface area (Å²) >= 11 is 0. The van der Waals surface area contributed by atoms with Crippen LogP contribution in [-0.2, 0) is 11.2 Å². The summed E-state index contributed by atoms with van der Waals surface area (Å²) in [4.78, 5) is 14.7. The molecule has 2 aromatic rings. The van der Waals surface area contributed by atoms with Crippen molar-refractivity contribution in [2.75, 3.05) is 13.7 Å². The van der Waals surface area contributed by atoms with Crippen LogP contribution in [0.15, 0.2) is 34.9 Å². The molecule has 3 rings (SSSR count). The summed E-state index contributed by atoms with van der Waals surface area (Å²) in [5.41, 5.74) is 1.91. The molecule has 1 atom stereocenters. The maximum Gasteiger partial charge on any atom is 0.227 e. The first kappa shape index (κ1) is 16.6. The molecule has 1 aromatic carbocycles. The quantitative estimate of drug-likeness (QED) is 0.839. The van der Waals surface area contributed by atoms with Crippen LogP contribution in [0.3, 0.4) is 0 Å². The van der Waals surface area contributed by atoms with Crippen LogP contribution in [-0.4, -0.2) is 29.6 Å². The molecule has 128 valence electrons. The van der Waals surface area contributed by atoms with Crippen molar-refractivity contribution in [3.8, 4) is 5.75 Å². The lowest BCUT2D eigenvalue weighted by Crippen LogP contribution is -2.31. The van der Waals surface area contributed by atoms with Crippen molar-refractivity contribution in [2.45, 2.75) is 45.1 Å². The first-order chi connectivity index (χ1) is 11.6. The molecule has 0 unspecified atom stereocenters. The minimum Gasteiger partial charge on any atom is -0.497 e. The van der Waals surface area contributed by atoms with Crippen molar-refractivity contribution in [2.24, 2.45) is 0 Å². The lowest BCUT2D eigenvalue weighted by atomic mass is 10.1. The summed E-state index contributed by atoms with van der Waals surface area (Å²) in [5, 5.41) is 4.13. The predicted molar refractivity (Wildman–Crippen MR) is 91.0 cm³/mol. The van der Waals surface area contributed by atoms with Crippen molar-refractivity contribution in [1.82, 2.24) is 10.1 Å². The summed E-state index contributed by atoms with van der Waals surface area (Å²) in [6.07, 6.45) is 2.29. The van der Waals surface area contributed by atoms with Crippen LogP contribution >= 0.6 is 0 Å². The number of carbonyl (C=O) groups excluding carboxylic acids is 1. The zero-order chi connectivity index (χ0) is 17.1. The number of likely N-dealkylation sites (tertiary alicyclic amines) is 1. The van der Waals surface area contributed by atoms with Crippen LogP contribution in [0, 0.1) is 0 Å². The Morgan fingerprint density at radius 3 is 2.96 bits per heavy atom. The van der Waals surface area contributed by atoms with Gasteiger partial charge in [-0.1, -0.05) is 31.1 Å².